The summed E-state index contributed by atoms with van der Waals surface area (Å²) in [6.45, 7) is 5.81. The Labute approximate surface area is 67.9 Å². The molecule has 1 fully saturated rings. The zero-order chi connectivity index (χ0) is 8.48. The lowest BCUT2D eigenvalue weighted by atomic mass is 10.2. The molecule has 0 aromatic carbocycles. The van der Waals surface area contributed by atoms with Crippen LogP contribution in [0.1, 0.15) is 40.0 Å². The van der Waals surface area contributed by atoms with Crippen molar-refractivity contribution in [2.24, 2.45) is 5.92 Å². The van der Waals surface area contributed by atoms with Gasteiger partial charge in [-0.05, 0) is 19.3 Å². The van der Waals surface area contributed by atoms with E-state index < -0.39 is 0 Å². The van der Waals surface area contributed by atoms with Crippen molar-refractivity contribution in [1.29, 1.82) is 0 Å². The van der Waals surface area contributed by atoms with Gasteiger partial charge in [-0.2, -0.15) is 0 Å². The predicted molar refractivity (Wildman–Crippen MR) is 43.2 cm³/mol. The summed E-state index contributed by atoms with van der Waals surface area (Å²) in [6.07, 6.45) is 3.08. The van der Waals surface area contributed by atoms with Crippen LogP contribution in [-0.2, 0) is 9.53 Å². The van der Waals surface area contributed by atoms with E-state index in [9.17, 15) is 4.79 Å². The van der Waals surface area contributed by atoms with Crippen LogP contribution in [0.3, 0.4) is 0 Å². The maximum absolute atomic E-state index is 11.1. The van der Waals surface area contributed by atoms with Gasteiger partial charge in [0.15, 0.2) is 0 Å². The highest BCUT2D eigenvalue weighted by molar-refractivity contribution is 5.72. The first kappa shape index (κ1) is 8.57. The van der Waals surface area contributed by atoms with Crippen LogP contribution in [0.25, 0.3) is 0 Å². The van der Waals surface area contributed by atoms with E-state index in [1.165, 1.54) is 0 Å². The summed E-state index contributed by atoms with van der Waals surface area (Å²) in [5.74, 6) is -0.0385. The van der Waals surface area contributed by atoms with Crippen molar-refractivity contribution < 1.29 is 9.53 Å². The van der Waals surface area contributed by atoms with Crippen molar-refractivity contribution in [3.05, 3.63) is 0 Å². The molecule has 1 aliphatic carbocycles. The molecule has 0 spiro atoms. The van der Waals surface area contributed by atoms with Crippen LogP contribution in [0, 0.1) is 5.92 Å². The molecular formula is C9H16O2. The zero-order valence-corrected chi connectivity index (χ0v) is 7.52. The third-order valence-electron chi connectivity index (χ3n) is 2.24. The Morgan fingerprint density at radius 3 is 2.36 bits per heavy atom. The fourth-order valence-electron chi connectivity index (χ4n) is 0.998. The van der Waals surface area contributed by atoms with Crippen molar-refractivity contribution in [2.75, 3.05) is 0 Å². The first-order chi connectivity index (χ1) is 5.09. The van der Waals surface area contributed by atoms with E-state index in [-0.39, 0.29) is 17.5 Å². The lowest BCUT2D eigenvalue weighted by Crippen LogP contribution is -2.22. The maximum atomic E-state index is 11.1. The third-order valence-corrected chi connectivity index (χ3v) is 2.24. The second-order valence-electron chi connectivity index (χ2n) is 3.61. The maximum Gasteiger partial charge on any atom is 0.308 e. The summed E-state index contributed by atoms with van der Waals surface area (Å²) in [5.41, 5.74) is -0.0542. The molecule has 0 bridgehead atoms. The first-order valence-corrected chi connectivity index (χ1v) is 4.32. The quantitative estimate of drug-likeness (QED) is 0.585. The lowest BCUT2D eigenvalue weighted by Gasteiger charge is -2.15. The Hall–Kier alpha value is -0.530. The molecule has 2 heteroatoms. The Balaban J connectivity index is 2.36. The summed E-state index contributed by atoms with van der Waals surface area (Å²) in [4.78, 5) is 11.1. The van der Waals surface area contributed by atoms with Crippen LogP contribution in [-0.4, -0.2) is 11.6 Å². The molecule has 1 rings (SSSR count). The van der Waals surface area contributed by atoms with Gasteiger partial charge in [0, 0.05) is 0 Å². The van der Waals surface area contributed by atoms with Gasteiger partial charge >= 0.3 is 5.97 Å². The second-order valence-corrected chi connectivity index (χ2v) is 3.61. The molecule has 0 atom stereocenters. The fraction of sp³-hybridized carbons (Fsp3) is 0.889. The van der Waals surface area contributed by atoms with Gasteiger partial charge in [0.05, 0.1) is 5.92 Å². The van der Waals surface area contributed by atoms with Crippen molar-refractivity contribution in [1.82, 2.24) is 0 Å². The Bertz CT molecular complexity index is 157. The first-order valence-electron chi connectivity index (χ1n) is 4.32. The van der Waals surface area contributed by atoms with E-state index >= 15 is 0 Å². The molecule has 1 saturated carbocycles. The normalized spacial score (nSPS) is 20.0. The van der Waals surface area contributed by atoms with E-state index in [0.717, 1.165) is 19.3 Å². The molecule has 0 N–H and O–H groups in total. The zero-order valence-electron chi connectivity index (χ0n) is 7.52. The van der Waals surface area contributed by atoms with Gasteiger partial charge in [0.1, 0.15) is 5.60 Å². The lowest BCUT2D eigenvalue weighted by molar-refractivity contribution is -0.155. The standard InChI is InChI=1S/C9H16O2/c1-4-9(5-6-9)11-8(10)7(2)3/h7H,4-6H2,1-3H3. The van der Waals surface area contributed by atoms with Gasteiger partial charge < -0.3 is 4.74 Å². The van der Waals surface area contributed by atoms with Crippen molar-refractivity contribution >= 4 is 5.97 Å². The van der Waals surface area contributed by atoms with Crippen LogP contribution in [0.2, 0.25) is 0 Å². The van der Waals surface area contributed by atoms with Crippen molar-refractivity contribution in [3.8, 4) is 0 Å². The number of rotatable bonds is 3. The second kappa shape index (κ2) is 2.84. The highest BCUT2D eigenvalue weighted by Gasteiger charge is 2.45. The van der Waals surface area contributed by atoms with Crippen LogP contribution >= 0.6 is 0 Å². The molecule has 2 nitrogen and oxygen atoms in total. The number of ether oxygens (including phenoxy) is 1. The average Bonchev–Trinajstić information content (AvgIpc) is 2.69. The Morgan fingerprint density at radius 2 is 2.09 bits per heavy atom. The van der Waals surface area contributed by atoms with Crippen LogP contribution in [0.4, 0.5) is 0 Å². The van der Waals surface area contributed by atoms with Crippen molar-refractivity contribution in [2.45, 2.75) is 45.6 Å². The smallest absolute Gasteiger partial charge is 0.308 e. The van der Waals surface area contributed by atoms with Gasteiger partial charge in [-0.15, -0.1) is 0 Å². The molecule has 0 aliphatic heterocycles. The van der Waals surface area contributed by atoms with Crippen molar-refractivity contribution in [3.63, 3.8) is 0 Å². The van der Waals surface area contributed by atoms with E-state index in [1.807, 2.05) is 13.8 Å². The molecule has 0 amide bonds. The number of hydrogen-bond acceptors (Lipinski definition) is 2. The predicted octanol–water partition coefficient (Wildman–Crippen LogP) is 2.13. The molecule has 0 aromatic rings. The van der Waals surface area contributed by atoms with Crippen LogP contribution in [0.5, 0.6) is 0 Å². The Kier molecular flexibility index (Phi) is 2.21. The van der Waals surface area contributed by atoms with E-state index in [1.54, 1.807) is 0 Å². The minimum atomic E-state index is -0.0542. The molecule has 64 valence electrons. The van der Waals surface area contributed by atoms with E-state index in [2.05, 4.69) is 6.92 Å². The summed E-state index contributed by atoms with van der Waals surface area (Å²) >= 11 is 0. The Morgan fingerprint density at radius 1 is 1.55 bits per heavy atom. The van der Waals surface area contributed by atoms with Crippen LogP contribution < -0.4 is 0 Å². The summed E-state index contributed by atoms with van der Waals surface area (Å²) in [6, 6.07) is 0. The fourth-order valence-corrected chi connectivity index (χ4v) is 0.998. The minimum absolute atomic E-state index is 0.0130. The molecule has 1 aliphatic rings. The molecule has 0 radical (unpaired) electrons. The van der Waals surface area contributed by atoms with Crippen LogP contribution in [0.15, 0.2) is 0 Å². The molecule has 0 aromatic heterocycles. The van der Waals surface area contributed by atoms with E-state index in [0.29, 0.717) is 0 Å². The SMILES string of the molecule is CCC1(OC(=O)C(C)C)CC1. The highest BCUT2D eigenvalue weighted by atomic mass is 16.6. The number of esters is 1. The molecule has 0 unspecified atom stereocenters. The topological polar surface area (TPSA) is 26.3 Å². The average molecular weight is 156 g/mol. The summed E-state index contributed by atoms with van der Waals surface area (Å²) in [5, 5.41) is 0. The number of carbonyl (C=O) groups is 1. The third kappa shape index (κ3) is 1.95. The molecule has 11 heavy (non-hydrogen) atoms. The molecule has 0 saturated heterocycles. The van der Waals surface area contributed by atoms with Gasteiger partial charge in [0.25, 0.3) is 0 Å². The van der Waals surface area contributed by atoms with Gasteiger partial charge in [0.2, 0.25) is 0 Å². The monoisotopic (exact) mass is 156 g/mol. The summed E-state index contributed by atoms with van der Waals surface area (Å²) < 4.78 is 5.32. The van der Waals surface area contributed by atoms with Gasteiger partial charge in [-0.25, -0.2) is 0 Å². The number of carbonyl (C=O) groups excluding carboxylic acids is 1. The molecule has 0 heterocycles. The number of hydrogen-bond donors (Lipinski definition) is 0. The van der Waals surface area contributed by atoms with E-state index in [4.69, 9.17) is 4.74 Å². The van der Waals surface area contributed by atoms with Gasteiger partial charge in [-0.3, -0.25) is 4.79 Å². The highest BCUT2D eigenvalue weighted by Crippen LogP contribution is 2.42. The molecular weight excluding hydrogens is 140 g/mol. The summed E-state index contributed by atoms with van der Waals surface area (Å²) in [7, 11) is 0. The van der Waals surface area contributed by atoms with Gasteiger partial charge in [-0.1, -0.05) is 20.8 Å². The minimum Gasteiger partial charge on any atom is -0.459 e. The largest absolute Gasteiger partial charge is 0.459 e.